The van der Waals surface area contributed by atoms with Crippen molar-refractivity contribution in [1.29, 1.82) is 0 Å². The molecule has 0 spiro atoms. The minimum Gasteiger partial charge on any atom is -0.382 e. The molecule has 0 fully saturated rings. The van der Waals surface area contributed by atoms with Gasteiger partial charge in [-0.3, -0.25) is 9.36 Å². The molecule has 0 saturated heterocycles. The fraction of sp³-hybridized carbons (Fsp3) is 0.750. The van der Waals surface area contributed by atoms with E-state index in [-0.39, 0.29) is 0 Å². The molecule has 0 aliphatic heterocycles. The summed E-state index contributed by atoms with van der Waals surface area (Å²) >= 11 is 0. The number of aliphatic hydroxyl groups excluding tert-OH is 2. The molecule has 0 radical (unpaired) electrons. The van der Waals surface area contributed by atoms with Crippen LogP contribution in [0.5, 0.6) is 0 Å². The highest BCUT2D eigenvalue weighted by Gasteiger charge is 2.35. The lowest BCUT2D eigenvalue weighted by atomic mass is 10.3. The van der Waals surface area contributed by atoms with Crippen LogP contribution in [0.3, 0.4) is 0 Å². The third-order valence-electron chi connectivity index (χ3n) is 1.04. The lowest BCUT2D eigenvalue weighted by Crippen LogP contribution is -2.31. The van der Waals surface area contributed by atoms with Crippen molar-refractivity contribution in [2.75, 3.05) is 0 Å². The van der Waals surface area contributed by atoms with Crippen LogP contribution in [0.25, 0.3) is 0 Å². The van der Waals surface area contributed by atoms with E-state index in [4.69, 9.17) is 20.0 Å². The largest absolute Gasteiger partial charge is 0.382 e. The van der Waals surface area contributed by atoms with Crippen molar-refractivity contribution in [3.05, 3.63) is 0 Å². The summed E-state index contributed by atoms with van der Waals surface area (Å²) in [5.41, 5.74) is 0. The monoisotopic (exact) mass is 184 g/mol. The zero-order valence-electron chi connectivity index (χ0n) is 5.71. The molecule has 11 heavy (non-hydrogen) atoms. The van der Waals surface area contributed by atoms with Gasteiger partial charge in [0.25, 0.3) is 0 Å². The molecular formula is C4H9O6P. The Morgan fingerprint density at radius 3 is 1.82 bits per heavy atom. The summed E-state index contributed by atoms with van der Waals surface area (Å²) < 4.78 is 10.2. The fourth-order valence-electron chi connectivity index (χ4n) is 0.394. The molecule has 4 N–H and O–H groups in total. The van der Waals surface area contributed by atoms with Crippen LogP contribution in [0.1, 0.15) is 6.92 Å². The highest BCUT2D eigenvalue weighted by Crippen LogP contribution is 2.41. The molecule has 0 aliphatic carbocycles. The molecule has 0 aromatic rings. The maximum absolute atomic E-state index is 10.3. The van der Waals surface area contributed by atoms with Gasteiger partial charge in [0.05, 0.1) is 0 Å². The zero-order chi connectivity index (χ0) is 9.23. The van der Waals surface area contributed by atoms with E-state index in [0.29, 0.717) is 0 Å². The second-order valence-corrected chi connectivity index (χ2v) is 3.77. The topological polar surface area (TPSA) is 115 Å². The van der Waals surface area contributed by atoms with Gasteiger partial charge in [0.2, 0.25) is 0 Å². The van der Waals surface area contributed by atoms with E-state index in [2.05, 4.69) is 0 Å². The van der Waals surface area contributed by atoms with Gasteiger partial charge >= 0.3 is 7.60 Å². The summed E-state index contributed by atoms with van der Waals surface area (Å²) in [7, 11) is -4.78. The highest BCUT2D eigenvalue weighted by atomic mass is 31.2. The molecule has 6 nitrogen and oxygen atoms in total. The summed E-state index contributed by atoms with van der Waals surface area (Å²) in [6.45, 7) is 0.920. The SMILES string of the molecule is CC(=O)C(O)C(O)P(=O)(O)O. The molecule has 0 aliphatic rings. The fourth-order valence-corrected chi connectivity index (χ4v) is 0.972. The van der Waals surface area contributed by atoms with Crippen LogP contribution in [0.2, 0.25) is 0 Å². The van der Waals surface area contributed by atoms with E-state index in [9.17, 15) is 9.36 Å². The van der Waals surface area contributed by atoms with Crippen LogP contribution >= 0.6 is 7.60 Å². The first-order valence-electron chi connectivity index (χ1n) is 2.68. The van der Waals surface area contributed by atoms with E-state index in [1.54, 1.807) is 0 Å². The van der Waals surface area contributed by atoms with Crippen LogP contribution in [-0.4, -0.2) is 37.7 Å². The minimum absolute atomic E-state index is 0.888. The molecule has 0 aromatic heterocycles. The van der Waals surface area contributed by atoms with E-state index in [1.165, 1.54) is 0 Å². The van der Waals surface area contributed by atoms with Crippen molar-refractivity contribution in [3.8, 4) is 0 Å². The Balaban J connectivity index is 4.38. The molecule has 2 atom stereocenters. The number of ketones is 1. The van der Waals surface area contributed by atoms with Gasteiger partial charge in [0.15, 0.2) is 11.6 Å². The van der Waals surface area contributed by atoms with Gasteiger partial charge in [-0.2, -0.15) is 0 Å². The van der Waals surface area contributed by atoms with Gasteiger partial charge in [0, 0.05) is 0 Å². The van der Waals surface area contributed by atoms with Gasteiger partial charge in [-0.25, -0.2) is 0 Å². The molecule has 66 valence electrons. The Morgan fingerprint density at radius 2 is 1.73 bits per heavy atom. The van der Waals surface area contributed by atoms with Crippen molar-refractivity contribution in [1.82, 2.24) is 0 Å². The zero-order valence-corrected chi connectivity index (χ0v) is 6.60. The Kier molecular flexibility index (Phi) is 3.34. The maximum Gasteiger partial charge on any atom is 0.356 e. The Morgan fingerprint density at radius 1 is 1.36 bits per heavy atom. The molecule has 7 heteroatoms. The van der Waals surface area contributed by atoms with Crippen LogP contribution in [0.15, 0.2) is 0 Å². The summed E-state index contributed by atoms with van der Waals surface area (Å²) in [5, 5.41) is 17.2. The average Bonchev–Trinajstić information content (AvgIpc) is 1.82. The number of hydrogen-bond acceptors (Lipinski definition) is 4. The second-order valence-electron chi connectivity index (χ2n) is 2.06. The van der Waals surface area contributed by atoms with Gasteiger partial charge in [-0.05, 0) is 6.92 Å². The maximum atomic E-state index is 10.3. The van der Waals surface area contributed by atoms with Crippen molar-refractivity contribution in [2.45, 2.75) is 18.9 Å². The van der Waals surface area contributed by atoms with E-state index in [0.717, 1.165) is 6.92 Å². The first-order valence-corrected chi connectivity index (χ1v) is 4.36. The highest BCUT2D eigenvalue weighted by molar-refractivity contribution is 7.52. The third kappa shape index (κ3) is 3.09. The lowest BCUT2D eigenvalue weighted by Gasteiger charge is -2.15. The van der Waals surface area contributed by atoms with Gasteiger partial charge in [0.1, 0.15) is 6.10 Å². The molecule has 0 aromatic carbocycles. The molecule has 0 saturated carbocycles. The molecule has 0 rings (SSSR count). The van der Waals surface area contributed by atoms with E-state index >= 15 is 0 Å². The van der Waals surface area contributed by atoms with Crippen molar-refractivity contribution < 1.29 is 29.4 Å². The van der Waals surface area contributed by atoms with Crippen LogP contribution in [-0.2, 0) is 9.36 Å². The lowest BCUT2D eigenvalue weighted by molar-refractivity contribution is -0.128. The second kappa shape index (κ2) is 3.42. The third-order valence-corrected chi connectivity index (χ3v) is 2.02. The van der Waals surface area contributed by atoms with E-state index < -0.39 is 25.3 Å². The molecule has 0 heterocycles. The number of carbonyl (C=O) groups is 1. The van der Waals surface area contributed by atoms with E-state index in [1.807, 2.05) is 0 Å². The average molecular weight is 184 g/mol. The number of aliphatic hydroxyl groups is 2. The van der Waals surface area contributed by atoms with Gasteiger partial charge < -0.3 is 20.0 Å². The first-order chi connectivity index (χ1) is 4.76. The minimum atomic E-state index is -4.78. The molecule has 0 amide bonds. The van der Waals surface area contributed by atoms with Crippen molar-refractivity contribution >= 4 is 13.4 Å². The molecule has 2 unspecified atom stereocenters. The quantitative estimate of drug-likeness (QED) is 0.394. The predicted octanol–water partition coefficient (Wildman–Crippen LogP) is -1.57. The van der Waals surface area contributed by atoms with Crippen molar-refractivity contribution in [3.63, 3.8) is 0 Å². The summed E-state index contributed by atoms with van der Waals surface area (Å²) in [6.07, 6.45) is -2.02. The summed E-state index contributed by atoms with van der Waals surface area (Å²) in [5.74, 6) is -3.21. The van der Waals surface area contributed by atoms with Crippen LogP contribution in [0.4, 0.5) is 0 Å². The summed E-state index contributed by atoms with van der Waals surface area (Å²) in [4.78, 5) is 26.8. The predicted molar refractivity (Wildman–Crippen MR) is 34.7 cm³/mol. The summed E-state index contributed by atoms with van der Waals surface area (Å²) in [6, 6.07) is 0. The number of Topliss-reactive ketones (excluding diaryl/α,β-unsaturated/α-hetero) is 1. The molecule has 0 bridgehead atoms. The number of hydrogen-bond donors (Lipinski definition) is 4. The Labute approximate surface area is 62.6 Å². The molecular weight excluding hydrogens is 175 g/mol. The van der Waals surface area contributed by atoms with Gasteiger partial charge in [-0.1, -0.05) is 0 Å². The smallest absolute Gasteiger partial charge is 0.356 e. The van der Waals surface area contributed by atoms with Crippen LogP contribution < -0.4 is 0 Å². The Hall–Kier alpha value is -0.260. The normalized spacial score (nSPS) is 17.5. The standard InChI is InChI=1S/C4H9O6P/c1-2(5)3(6)4(7)11(8,9)10/h3-4,6-7H,1H3,(H2,8,9,10). The Bertz CT molecular complexity index is 195. The van der Waals surface area contributed by atoms with Gasteiger partial charge in [-0.15, -0.1) is 0 Å². The number of carbonyl (C=O) groups excluding carboxylic acids is 1. The van der Waals surface area contributed by atoms with Crippen LogP contribution in [0, 0.1) is 0 Å². The number of rotatable bonds is 3. The first kappa shape index (κ1) is 10.7. The van der Waals surface area contributed by atoms with Crippen molar-refractivity contribution in [2.24, 2.45) is 0 Å².